The van der Waals surface area contributed by atoms with Crippen LogP contribution >= 0.6 is 0 Å². The Labute approximate surface area is 144 Å². The van der Waals surface area contributed by atoms with Gasteiger partial charge in [-0.1, -0.05) is 34.1 Å². The highest BCUT2D eigenvalue weighted by Crippen LogP contribution is 2.34. The van der Waals surface area contributed by atoms with E-state index in [0.717, 1.165) is 30.2 Å². The van der Waals surface area contributed by atoms with E-state index in [0.29, 0.717) is 6.04 Å². The van der Waals surface area contributed by atoms with Crippen molar-refractivity contribution >= 4 is 11.4 Å². The summed E-state index contributed by atoms with van der Waals surface area (Å²) in [7, 11) is 0. The summed E-state index contributed by atoms with van der Waals surface area (Å²) in [5.41, 5.74) is 2.87. The molecule has 2 heterocycles. The van der Waals surface area contributed by atoms with E-state index < -0.39 is 0 Å². The average Bonchev–Trinajstić information content (AvgIpc) is 2.54. The normalized spacial score (nSPS) is 29.4. The van der Waals surface area contributed by atoms with Gasteiger partial charge in [-0.3, -0.25) is 9.98 Å². The van der Waals surface area contributed by atoms with Crippen LogP contribution in [0.2, 0.25) is 0 Å². The van der Waals surface area contributed by atoms with E-state index >= 15 is 0 Å². The molecule has 2 aliphatic rings. The average molecular weight is 319 g/mol. The van der Waals surface area contributed by atoms with Gasteiger partial charge in [-0.2, -0.15) is 0 Å². The van der Waals surface area contributed by atoms with Crippen molar-refractivity contribution in [3.8, 4) is 0 Å². The minimum absolute atomic E-state index is 0.571. The Kier molecular flexibility index (Phi) is 7.30. The molecule has 0 aromatic carbocycles. The number of nitrogens with zero attached hydrogens (tertiary/aromatic N) is 2. The van der Waals surface area contributed by atoms with Gasteiger partial charge in [0.1, 0.15) is 0 Å². The summed E-state index contributed by atoms with van der Waals surface area (Å²) in [5, 5.41) is 0. The van der Waals surface area contributed by atoms with E-state index in [1.165, 1.54) is 62.8 Å². The molecule has 2 rings (SSSR count). The zero-order valence-corrected chi connectivity index (χ0v) is 16.1. The number of rotatable bonds is 7. The predicted octanol–water partition coefficient (Wildman–Crippen LogP) is 5.95. The molecule has 23 heavy (non-hydrogen) atoms. The Morgan fingerprint density at radius 2 is 1.96 bits per heavy atom. The number of hydrogen-bond donors (Lipinski definition) is 0. The summed E-state index contributed by atoms with van der Waals surface area (Å²) >= 11 is 0. The fourth-order valence-corrected chi connectivity index (χ4v) is 4.80. The number of aliphatic imine (C=N–C) groups is 2. The molecule has 0 radical (unpaired) electrons. The molecule has 2 heteroatoms. The van der Waals surface area contributed by atoms with E-state index in [2.05, 4.69) is 34.6 Å². The molecule has 2 aliphatic heterocycles. The van der Waals surface area contributed by atoms with Gasteiger partial charge in [0.05, 0.1) is 6.04 Å². The van der Waals surface area contributed by atoms with Crippen molar-refractivity contribution in [2.75, 3.05) is 6.54 Å². The minimum atomic E-state index is 0.571. The van der Waals surface area contributed by atoms with Crippen LogP contribution in [0.1, 0.15) is 86.0 Å². The summed E-state index contributed by atoms with van der Waals surface area (Å²) in [6, 6.07) is 0.571. The fourth-order valence-electron chi connectivity index (χ4n) is 4.80. The molecule has 0 saturated heterocycles. The molecule has 0 aromatic rings. The van der Waals surface area contributed by atoms with Gasteiger partial charge >= 0.3 is 0 Å². The zero-order chi connectivity index (χ0) is 16.8. The molecule has 0 spiro atoms. The van der Waals surface area contributed by atoms with E-state index in [9.17, 15) is 0 Å². The lowest BCUT2D eigenvalue weighted by molar-refractivity contribution is 0.201. The first kappa shape index (κ1) is 18.7. The Morgan fingerprint density at radius 3 is 2.61 bits per heavy atom. The Morgan fingerprint density at radius 1 is 1.17 bits per heavy atom. The van der Waals surface area contributed by atoms with Gasteiger partial charge < -0.3 is 0 Å². The Balaban J connectivity index is 1.91. The van der Waals surface area contributed by atoms with E-state index in [1.54, 1.807) is 0 Å². The molecule has 2 nitrogen and oxygen atoms in total. The molecule has 5 unspecified atom stereocenters. The first-order valence-electron chi connectivity index (χ1n) is 10.1. The minimum Gasteiger partial charge on any atom is -0.294 e. The van der Waals surface area contributed by atoms with Crippen LogP contribution in [0.5, 0.6) is 0 Å². The smallest absolute Gasteiger partial charge is 0.0527 e. The van der Waals surface area contributed by atoms with E-state index in [4.69, 9.17) is 9.98 Å². The first-order chi connectivity index (χ1) is 11.0. The molecule has 0 amide bonds. The van der Waals surface area contributed by atoms with Crippen molar-refractivity contribution in [3.63, 3.8) is 0 Å². The lowest BCUT2D eigenvalue weighted by Crippen LogP contribution is -2.31. The number of hydrogen-bond acceptors (Lipinski definition) is 2. The second-order valence-electron chi connectivity index (χ2n) is 8.19. The third-order valence-corrected chi connectivity index (χ3v) is 6.44. The summed E-state index contributed by atoms with van der Waals surface area (Å²) in [4.78, 5) is 9.80. The molecule has 0 saturated carbocycles. The second-order valence-corrected chi connectivity index (χ2v) is 8.19. The predicted molar refractivity (Wildman–Crippen MR) is 103 cm³/mol. The summed E-state index contributed by atoms with van der Waals surface area (Å²) in [6.07, 6.45) is 10.3. The second kappa shape index (κ2) is 8.99. The summed E-state index contributed by atoms with van der Waals surface area (Å²) in [5.74, 6) is 3.02. The van der Waals surface area contributed by atoms with Crippen molar-refractivity contribution < 1.29 is 0 Å². The lowest BCUT2D eigenvalue weighted by Gasteiger charge is -2.35. The van der Waals surface area contributed by atoms with Crippen LogP contribution in [0.3, 0.4) is 0 Å². The fraction of sp³-hybridized carbons (Fsp3) is 0.905. The molecule has 0 fully saturated rings. The third kappa shape index (κ3) is 5.16. The largest absolute Gasteiger partial charge is 0.294 e. The van der Waals surface area contributed by atoms with Gasteiger partial charge in [0.25, 0.3) is 0 Å². The van der Waals surface area contributed by atoms with Crippen LogP contribution in [0, 0.1) is 23.7 Å². The summed E-state index contributed by atoms with van der Waals surface area (Å²) < 4.78 is 0. The molecule has 0 bridgehead atoms. The molecule has 5 atom stereocenters. The highest BCUT2D eigenvalue weighted by atomic mass is 14.8. The van der Waals surface area contributed by atoms with Crippen LogP contribution < -0.4 is 0 Å². The van der Waals surface area contributed by atoms with Crippen molar-refractivity contribution in [1.82, 2.24) is 0 Å². The molecule has 0 aliphatic carbocycles. The standard InChI is InChI=1S/C21H38N2/c1-6-19(18(5)21-11-7-10-17(4)23-21)15(2)12-13-20-16(3)9-8-14-22-20/h15-16,18-19,21H,6-14H2,1-5H3. The topological polar surface area (TPSA) is 24.7 Å². The molecule has 0 aromatic heterocycles. The van der Waals surface area contributed by atoms with Crippen LogP contribution in [-0.4, -0.2) is 24.0 Å². The first-order valence-corrected chi connectivity index (χ1v) is 10.1. The van der Waals surface area contributed by atoms with E-state index in [1.807, 2.05) is 0 Å². The van der Waals surface area contributed by atoms with Gasteiger partial charge in [0.15, 0.2) is 0 Å². The Bertz CT molecular complexity index is 424. The molecule has 132 valence electrons. The van der Waals surface area contributed by atoms with Gasteiger partial charge in [0, 0.05) is 18.0 Å². The molecule has 0 N–H and O–H groups in total. The quantitative estimate of drug-likeness (QED) is 0.554. The maximum atomic E-state index is 4.99. The SMILES string of the molecule is CCC(C(C)CCC1=NCCCC1C)C(C)C1CCCC(C)=N1. The zero-order valence-electron chi connectivity index (χ0n) is 16.1. The maximum absolute atomic E-state index is 4.99. The third-order valence-electron chi connectivity index (χ3n) is 6.44. The van der Waals surface area contributed by atoms with Crippen molar-refractivity contribution in [3.05, 3.63) is 0 Å². The van der Waals surface area contributed by atoms with Crippen LogP contribution in [0.15, 0.2) is 9.98 Å². The van der Waals surface area contributed by atoms with Gasteiger partial charge in [-0.15, -0.1) is 0 Å². The van der Waals surface area contributed by atoms with Crippen LogP contribution in [0.25, 0.3) is 0 Å². The molecular weight excluding hydrogens is 280 g/mol. The van der Waals surface area contributed by atoms with E-state index in [-0.39, 0.29) is 0 Å². The summed E-state index contributed by atoms with van der Waals surface area (Å²) in [6.45, 7) is 12.9. The van der Waals surface area contributed by atoms with Gasteiger partial charge in [0.2, 0.25) is 0 Å². The maximum Gasteiger partial charge on any atom is 0.0527 e. The van der Waals surface area contributed by atoms with Crippen molar-refractivity contribution in [2.24, 2.45) is 33.7 Å². The van der Waals surface area contributed by atoms with Gasteiger partial charge in [-0.05, 0) is 75.5 Å². The van der Waals surface area contributed by atoms with Crippen LogP contribution in [-0.2, 0) is 0 Å². The van der Waals surface area contributed by atoms with Crippen molar-refractivity contribution in [2.45, 2.75) is 92.0 Å². The lowest BCUT2D eigenvalue weighted by atomic mass is 9.74. The highest BCUT2D eigenvalue weighted by Gasteiger charge is 2.29. The monoisotopic (exact) mass is 318 g/mol. The highest BCUT2D eigenvalue weighted by molar-refractivity contribution is 5.87. The molecular formula is C21H38N2. The van der Waals surface area contributed by atoms with Gasteiger partial charge in [-0.25, -0.2) is 0 Å². The van der Waals surface area contributed by atoms with Crippen LogP contribution in [0.4, 0.5) is 0 Å². The Hall–Kier alpha value is -0.660. The van der Waals surface area contributed by atoms with Crippen molar-refractivity contribution in [1.29, 1.82) is 0 Å².